The number of carbonyl (C=O) groups excluding carboxylic acids is 2. The number of amides is 2. The van der Waals surface area contributed by atoms with Crippen LogP contribution >= 0.6 is 0 Å². The van der Waals surface area contributed by atoms with E-state index in [-0.39, 0.29) is 12.1 Å². The van der Waals surface area contributed by atoms with E-state index >= 15 is 0 Å². The summed E-state index contributed by atoms with van der Waals surface area (Å²) < 4.78 is 15.0. The third-order valence-electron chi connectivity index (χ3n) is 10.0. The molecular formula is C43H44N8O4. The van der Waals surface area contributed by atoms with Crippen LogP contribution in [0.1, 0.15) is 16.7 Å². The molecule has 2 aliphatic rings. The molecule has 8 rings (SSSR count). The summed E-state index contributed by atoms with van der Waals surface area (Å²) in [6.45, 7) is 9.34. The summed E-state index contributed by atoms with van der Waals surface area (Å²) in [6.07, 6.45) is 6.98. The van der Waals surface area contributed by atoms with Crippen molar-refractivity contribution in [2.75, 3.05) is 52.4 Å². The van der Waals surface area contributed by atoms with Gasteiger partial charge >= 0.3 is 12.1 Å². The van der Waals surface area contributed by atoms with Crippen LogP contribution in [0.25, 0.3) is 11.1 Å². The van der Waals surface area contributed by atoms with Crippen molar-refractivity contribution in [2.24, 2.45) is 0 Å². The van der Waals surface area contributed by atoms with Gasteiger partial charge in [0, 0.05) is 83.4 Å². The van der Waals surface area contributed by atoms with Gasteiger partial charge < -0.3 is 19.3 Å². The number of hydrogen-bond acceptors (Lipinski definition) is 8. The number of nitrogens with zero attached hydrogens (tertiary/aromatic N) is 8. The first-order chi connectivity index (χ1) is 26.9. The van der Waals surface area contributed by atoms with Crippen LogP contribution in [0.3, 0.4) is 0 Å². The van der Waals surface area contributed by atoms with E-state index in [1.54, 1.807) is 24.8 Å². The third-order valence-corrected chi connectivity index (χ3v) is 10.0. The van der Waals surface area contributed by atoms with E-state index in [0.717, 1.165) is 73.2 Å². The molecule has 0 spiro atoms. The first kappa shape index (κ1) is 35.8. The summed E-state index contributed by atoms with van der Waals surface area (Å²) >= 11 is 0. The molecule has 0 radical (unpaired) electrons. The molecule has 0 aliphatic carbocycles. The number of rotatable bonds is 9. The van der Waals surface area contributed by atoms with Gasteiger partial charge in [-0.1, -0.05) is 54.6 Å². The molecule has 4 heterocycles. The van der Waals surface area contributed by atoms with Crippen molar-refractivity contribution >= 4 is 12.1 Å². The van der Waals surface area contributed by atoms with Crippen LogP contribution in [0.4, 0.5) is 9.59 Å². The standard InChI is InChI=1S/C43H44N8O4/c1-33-27-44-50(29-33)42(52)48-22-18-46(19-23-48)31-35-12-16-40(17-13-35)55-41-9-5-6-36(26-41)37-28-45-51(32-37)43(53)49-24-20-47(21-25-49)30-34-10-14-39(15-11-34)54-38-7-3-2-4-8-38/h2-17,26-29,32H,18-25,30-31H2,1H3. The highest BCUT2D eigenvalue weighted by molar-refractivity contribution is 5.78. The summed E-state index contributed by atoms with van der Waals surface area (Å²) in [7, 11) is 0. The Morgan fingerprint density at radius 1 is 0.527 bits per heavy atom. The lowest BCUT2D eigenvalue weighted by atomic mass is 10.1. The van der Waals surface area contributed by atoms with Crippen molar-refractivity contribution in [2.45, 2.75) is 20.0 Å². The van der Waals surface area contributed by atoms with Crippen molar-refractivity contribution in [3.63, 3.8) is 0 Å². The minimum absolute atomic E-state index is 0.0734. The van der Waals surface area contributed by atoms with Gasteiger partial charge in [-0.05, 0) is 77.7 Å². The molecule has 4 aromatic carbocycles. The number of carbonyl (C=O) groups is 2. The average molecular weight is 737 g/mol. The van der Waals surface area contributed by atoms with Gasteiger partial charge in [0.15, 0.2) is 0 Å². The van der Waals surface area contributed by atoms with Crippen LogP contribution in [0, 0.1) is 6.92 Å². The van der Waals surface area contributed by atoms with Gasteiger partial charge in [0.2, 0.25) is 0 Å². The summed E-state index contributed by atoms with van der Waals surface area (Å²) in [4.78, 5) is 34.5. The molecule has 55 heavy (non-hydrogen) atoms. The van der Waals surface area contributed by atoms with Crippen LogP contribution < -0.4 is 9.47 Å². The van der Waals surface area contributed by atoms with E-state index in [1.807, 2.05) is 95.6 Å². The summed E-state index contributed by atoms with van der Waals surface area (Å²) in [5.41, 5.74) is 5.12. The van der Waals surface area contributed by atoms with Crippen LogP contribution in [0.2, 0.25) is 0 Å². The molecule has 2 aliphatic heterocycles. The van der Waals surface area contributed by atoms with Crippen LogP contribution in [0.5, 0.6) is 23.0 Å². The molecular weight excluding hydrogens is 693 g/mol. The molecule has 12 nitrogen and oxygen atoms in total. The Morgan fingerprint density at radius 3 is 1.56 bits per heavy atom. The fraction of sp³-hybridized carbons (Fsp3) is 0.256. The Balaban J connectivity index is 0.794. The SMILES string of the molecule is Cc1cnn(C(=O)N2CCN(Cc3ccc(Oc4cccc(-c5cnn(C(=O)N6CCN(Cc7ccc(Oc8ccccc8)cc7)CC6)c5)c4)cc3)CC2)c1. The number of benzene rings is 4. The lowest BCUT2D eigenvalue weighted by Gasteiger charge is -2.34. The monoisotopic (exact) mass is 736 g/mol. The third kappa shape index (κ3) is 8.94. The second-order valence-electron chi connectivity index (χ2n) is 14.1. The number of aromatic nitrogens is 4. The summed E-state index contributed by atoms with van der Waals surface area (Å²) in [5.74, 6) is 3.07. The van der Waals surface area contributed by atoms with E-state index in [9.17, 15) is 9.59 Å². The van der Waals surface area contributed by atoms with Crippen molar-refractivity contribution in [1.29, 1.82) is 0 Å². The van der Waals surface area contributed by atoms with E-state index in [0.29, 0.717) is 31.9 Å². The molecule has 2 amide bonds. The lowest BCUT2D eigenvalue weighted by Crippen LogP contribution is -2.49. The van der Waals surface area contributed by atoms with E-state index in [2.05, 4.69) is 44.3 Å². The maximum atomic E-state index is 13.4. The fourth-order valence-electron chi connectivity index (χ4n) is 6.92. The number of piperazine rings is 2. The summed E-state index contributed by atoms with van der Waals surface area (Å²) in [6, 6.07) is 33.7. The van der Waals surface area contributed by atoms with Crippen molar-refractivity contribution in [1.82, 2.24) is 39.2 Å². The molecule has 2 saturated heterocycles. The number of aryl methyl sites for hydroxylation is 1. The van der Waals surface area contributed by atoms with Crippen LogP contribution in [0.15, 0.2) is 128 Å². The summed E-state index contributed by atoms with van der Waals surface area (Å²) in [5, 5.41) is 8.58. The van der Waals surface area contributed by atoms with Gasteiger partial charge in [0.05, 0.1) is 12.4 Å². The minimum Gasteiger partial charge on any atom is -0.457 e. The quantitative estimate of drug-likeness (QED) is 0.154. The zero-order chi connectivity index (χ0) is 37.6. The highest BCUT2D eigenvalue weighted by Crippen LogP contribution is 2.28. The number of ether oxygens (including phenoxy) is 2. The fourth-order valence-corrected chi connectivity index (χ4v) is 6.92. The topological polar surface area (TPSA) is 101 Å². The predicted octanol–water partition coefficient (Wildman–Crippen LogP) is 7.21. The van der Waals surface area contributed by atoms with E-state index < -0.39 is 0 Å². The Bertz CT molecular complexity index is 2200. The van der Waals surface area contributed by atoms with E-state index in [1.165, 1.54) is 20.5 Å². The maximum absolute atomic E-state index is 13.4. The zero-order valence-corrected chi connectivity index (χ0v) is 30.9. The lowest BCUT2D eigenvalue weighted by molar-refractivity contribution is 0.134. The Hall–Kier alpha value is -6.24. The van der Waals surface area contributed by atoms with Gasteiger partial charge in [-0.3, -0.25) is 9.80 Å². The normalized spacial score (nSPS) is 15.2. The maximum Gasteiger partial charge on any atom is 0.344 e. The van der Waals surface area contributed by atoms with Crippen LogP contribution in [-0.4, -0.2) is 104 Å². The van der Waals surface area contributed by atoms with Gasteiger partial charge in [0.1, 0.15) is 23.0 Å². The molecule has 0 unspecified atom stereocenters. The Kier molecular flexibility index (Phi) is 10.7. The van der Waals surface area contributed by atoms with Gasteiger partial charge in [-0.2, -0.15) is 19.6 Å². The van der Waals surface area contributed by atoms with Crippen molar-refractivity contribution in [3.8, 4) is 34.1 Å². The molecule has 0 bridgehead atoms. The Morgan fingerprint density at radius 2 is 1.02 bits per heavy atom. The van der Waals surface area contributed by atoms with Crippen LogP contribution in [-0.2, 0) is 13.1 Å². The molecule has 0 N–H and O–H groups in total. The minimum atomic E-state index is -0.125. The van der Waals surface area contributed by atoms with Gasteiger partial charge in [-0.25, -0.2) is 9.59 Å². The number of hydrogen-bond donors (Lipinski definition) is 0. The molecule has 12 heteroatoms. The molecule has 2 aromatic heterocycles. The largest absolute Gasteiger partial charge is 0.457 e. The predicted molar refractivity (Wildman–Crippen MR) is 209 cm³/mol. The first-order valence-corrected chi connectivity index (χ1v) is 18.7. The van der Waals surface area contributed by atoms with Crippen molar-refractivity contribution < 1.29 is 19.1 Å². The highest BCUT2D eigenvalue weighted by Gasteiger charge is 2.24. The highest BCUT2D eigenvalue weighted by atomic mass is 16.5. The molecule has 0 saturated carbocycles. The van der Waals surface area contributed by atoms with Gasteiger partial charge in [0.25, 0.3) is 0 Å². The molecule has 2 fully saturated rings. The average Bonchev–Trinajstić information content (AvgIpc) is 3.90. The second-order valence-corrected chi connectivity index (χ2v) is 14.1. The second kappa shape index (κ2) is 16.4. The van der Waals surface area contributed by atoms with Crippen molar-refractivity contribution in [3.05, 3.63) is 145 Å². The van der Waals surface area contributed by atoms with Gasteiger partial charge in [-0.15, -0.1) is 0 Å². The molecule has 280 valence electrons. The zero-order valence-electron chi connectivity index (χ0n) is 30.9. The number of para-hydroxylation sites is 1. The van der Waals surface area contributed by atoms with E-state index in [4.69, 9.17) is 9.47 Å². The molecule has 6 aromatic rings. The smallest absolute Gasteiger partial charge is 0.344 e. The molecule has 0 atom stereocenters. The Labute approximate surface area is 320 Å². The first-order valence-electron chi connectivity index (χ1n) is 18.7.